The van der Waals surface area contributed by atoms with E-state index in [0.717, 1.165) is 35.7 Å². The summed E-state index contributed by atoms with van der Waals surface area (Å²) < 4.78 is 16.0. The molecule has 0 saturated carbocycles. The number of ether oxygens (including phenoxy) is 3. The molecule has 5 nitrogen and oxygen atoms in total. The lowest BCUT2D eigenvalue weighted by Gasteiger charge is -2.26. The van der Waals surface area contributed by atoms with Crippen LogP contribution in [0.15, 0.2) is 85.5 Å². The van der Waals surface area contributed by atoms with E-state index in [2.05, 4.69) is 91.2 Å². The first-order chi connectivity index (χ1) is 16.6. The van der Waals surface area contributed by atoms with Crippen LogP contribution in [0.3, 0.4) is 0 Å². The van der Waals surface area contributed by atoms with Crippen LogP contribution in [0, 0.1) is 6.92 Å². The van der Waals surface area contributed by atoms with Gasteiger partial charge in [0.05, 0.1) is 26.4 Å². The Hall–Kier alpha value is -3.41. The quantitative estimate of drug-likeness (QED) is 0.151. The third kappa shape index (κ3) is 6.80. The number of aryl methyl sites for hydroxylation is 1. The lowest BCUT2D eigenvalue weighted by atomic mass is 10.1. The third-order valence-corrected chi connectivity index (χ3v) is 5.72. The van der Waals surface area contributed by atoms with Crippen molar-refractivity contribution in [1.82, 2.24) is 0 Å². The molecule has 0 amide bonds. The summed E-state index contributed by atoms with van der Waals surface area (Å²) in [7, 11) is 0. The minimum atomic E-state index is -0.394. The number of epoxide rings is 1. The molecule has 0 bridgehead atoms. The molecule has 0 N–H and O–H groups in total. The van der Waals surface area contributed by atoms with Crippen LogP contribution in [-0.2, 0) is 31.8 Å². The second-order valence-corrected chi connectivity index (χ2v) is 8.41. The lowest BCUT2D eigenvalue weighted by molar-refractivity contribution is -0.137. The first-order valence-electron chi connectivity index (χ1n) is 11.7. The highest BCUT2D eigenvalue weighted by atomic mass is 16.6. The van der Waals surface area contributed by atoms with Crippen LogP contribution in [0.1, 0.15) is 16.7 Å². The Bertz CT molecular complexity index is 1070. The molecule has 3 aromatic rings. The van der Waals surface area contributed by atoms with Gasteiger partial charge in [0.2, 0.25) is 0 Å². The summed E-state index contributed by atoms with van der Waals surface area (Å²) in [5.74, 6) is -0.394. The van der Waals surface area contributed by atoms with Crippen molar-refractivity contribution in [2.45, 2.75) is 25.9 Å². The molecule has 1 fully saturated rings. The Kier molecular flexibility index (Phi) is 8.12. The highest BCUT2D eigenvalue weighted by molar-refractivity contribution is 5.81. The van der Waals surface area contributed by atoms with E-state index in [-0.39, 0.29) is 0 Å². The predicted molar refractivity (Wildman–Crippen MR) is 135 cm³/mol. The number of nitrogens with zero attached hydrogens (tertiary/aromatic N) is 1. The Balaban J connectivity index is 1.47. The van der Waals surface area contributed by atoms with Gasteiger partial charge in [-0.15, -0.1) is 0 Å². The van der Waals surface area contributed by atoms with Crippen molar-refractivity contribution < 1.29 is 19.0 Å². The van der Waals surface area contributed by atoms with Crippen molar-refractivity contribution in [2.24, 2.45) is 0 Å². The zero-order chi connectivity index (χ0) is 23.8. The van der Waals surface area contributed by atoms with Gasteiger partial charge in [-0.25, -0.2) is 4.79 Å². The molecule has 0 spiro atoms. The van der Waals surface area contributed by atoms with Crippen LogP contribution in [0.5, 0.6) is 0 Å². The summed E-state index contributed by atoms with van der Waals surface area (Å²) in [6.07, 6.45) is 3.03. The van der Waals surface area contributed by atoms with Gasteiger partial charge in [0.15, 0.2) is 0 Å². The molecule has 4 rings (SSSR count). The first kappa shape index (κ1) is 23.7. The van der Waals surface area contributed by atoms with Crippen LogP contribution in [-0.4, -0.2) is 38.5 Å². The zero-order valence-electron chi connectivity index (χ0n) is 19.6. The normalized spacial score (nSPS) is 14.4. The minimum Gasteiger partial charge on any atom is -0.462 e. The molecule has 1 unspecified atom stereocenters. The van der Waals surface area contributed by atoms with E-state index in [1.54, 1.807) is 0 Å². The summed E-state index contributed by atoms with van der Waals surface area (Å²) in [4.78, 5) is 13.5. The molecule has 1 saturated heterocycles. The predicted octanol–water partition coefficient (Wildman–Crippen LogP) is 5.69. The standard InChI is InChI=1S/C29H31NO4/c1-3-29(31)33-19-17-24-8-14-27(15-9-24)30(25-10-4-22(2)5-11-25)26-12-6-23(7-13-26)16-18-32-20-28-21-34-28/h3-15,28H,1,16-21H2,2H3. The molecule has 0 aromatic heterocycles. The fraction of sp³-hybridized carbons (Fsp3) is 0.276. The average Bonchev–Trinajstić information content (AvgIpc) is 3.69. The third-order valence-electron chi connectivity index (χ3n) is 5.72. The second kappa shape index (κ2) is 11.6. The van der Waals surface area contributed by atoms with E-state index in [0.29, 0.717) is 32.3 Å². The molecule has 1 aliphatic heterocycles. The molecule has 176 valence electrons. The van der Waals surface area contributed by atoms with Crippen molar-refractivity contribution in [3.05, 3.63) is 102 Å². The van der Waals surface area contributed by atoms with Gasteiger partial charge < -0.3 is 19.1 Å². The van der Waals surface area contributed by atoms with Crippen LogP contribution in [0.2, 0.25) is 0 Å². The largest absolute Gasteiger partial charge is 0.462 e. The zero-order valence-corrected chi connectivity index (χ0v) is 19.6. The van der Waals surface area contributed by atoms with Crippen molar-refractivity contribution in [3.63, 3.8) is 0 Å². The van der Waals surface area contributed by atoms with Crippen LogP contribution >= 0.6 is 0 Å². The van der Waals surface area contributed by atoms with E-state index in [9.17, 15) is 4.79 Å². The molecule has 3 aromatic carbocycles. The highest BCUT2D eigenvalue weighted by Gasteiger charge is 2.22. The molecule has 1 heterocycles. The number of hydrogen-bond donors (Lipinski definition) is 0. The molecular formula is C29H31NO4. The monoisotopic (exact) mass is 457 g/mol. The molecule has 34 heavy (non-hydrogen) atoms. The topological polar surface area (TPSA) is 51.3 Å². The van der Waals surface area contributed by atoms with E-state index < -0.39 is 5.97 Å². The van der Waals surface area contributed by atoms with Gasteiger partial charge in [-0.1, -0.05) is 48.5 Å². The maximum absolute atomic E-state index is 11.3. The van der Waals surface area contributed by atoms with Gasteiger partial charge in [0.25, 0.3) is 0 Å². The van der Waals surface area contributed by atoms with E-state index in [4.69, 9.17) is 14.2 Å². The van der Waals surface area contributed by atoms with E-state index >= 15 is 0 Å². The fourth-order valence-corrected chi connectivity index (χ4v) is 3.66. The molecule has 1 atom stereocenters. The maximum Gasteiger partial charge on any atom is 0.330 e. The summed E-state index contributed by atoms with van der Waals surface area (Å²) in [6, 6.07) is 25.5. The second-order valence-electron chi connectivity index (χ2n) is 8.41. The number of benzene rings is 3. The van der Waals surface area contributed by atoms with Gasteiger partial charge in [0, 0.05) is 29.6 Å². The summed E-state index contributed by atoms with van der Waals surface area (Å²) in [5, 5.41) is 0. The summed E-state index contributed by atoms with van der Waals surface area (Å²) in [6.45, 7) is 8.06. The molecular weight excluding hydrogens is 426 g/mol. The van der Waals surface area contributed by atoms with Crippen LogP contribution in [0.4, 0.5) is 17.1 Å². The number of hydrogen-bond acceptors (Lipinski definition) is 5. The van der Waals surface area contributed by atoms with Crippen LogP contribution < -0.4 is 4.90 Å². The molecule has 0 aliphatic carbocycles. The van der Waals surface area contributed by atoms with Gasteiger partial charge in [-0.05, 0) is 60.9 Å². The molecule has 0 radical (unpaired) electrons. The van der Waals surface area contributed by atoms with Gasteiger partial charge in [-0.2, -0.15) is 0 Å². The van der Waals surface area contributed by atoms with Crippen LogP contribution in [0.25, 0.3) is 0 Å². The average molecular weight is 458 g/mol. The van der Waals surface area contributed by atoms with Crippen molar-refractivity contribution in [1.29, 1.82) is 0 Å². The smallest absolute Gasteiger partial charge is 0.330 e. The first-order valence-corrected chi connectivity index (χ1v) is 11.7. The van der Waals surface area contributed by atoms with Gasteiger partial charge in [0.1, 0.15) is 6.10 Å². The summed E-state index contributed by atoms with van der Waals surface area (Å²) >= 11 is 0. The number of anilines is 3. The van der Waals surface area contributed by atoms with Gasteiger partial charge >= 0.3 is 5.97 Å². The Morgan fingerprint density at radius 3 is 1.91 bits per heavy atom. The number of esters is 1. The fourth-order valence-electron chi connectivity index (χ4n) is 3.66. The lowest BCUT2D eigenvalue weighted by Crippen LogP contribution is -2.10. The maximum atomic E-state index is 11.3. The van der Waals surface area contributed by atoms with E-state index in [1.165, 1.54) is 17.2 Å². The van der Waals surface area contributed by atoms with Crippen molar-refractivity contribution in [2.75, 3.05) is 31.3 Å². The molecule has 5 heteroatoms. The number of carbonyl (C=O) groups excluding carboxylic acids is 1. The highest BCUT2D eigenvalue weighted by Crippen LogP contribution is 2.34. The summed E-state index contributed by atoms with van der Waals surface area (Å²) in [5.41, 5.74) is 6.83. The molecule has 1 aliphatic rings. The minimum absolute atomic E-state index is 0.305. The van der Waals surface area contributed by atoms with Crippen molar-refractivity contribution in [3.8, 4) is 0 Å². The Labute approximate surface area is 201 Å². The number of rotatable bonds is 12. The van der Waals surface area contributed by atoms with Crippen molar-refractivity contribution >= 4 is 23.0 Å². The van der Waals surface area contributed by atoms with E-state index in [1.807, 2.05) is 0 Å². The Morgan fingerprint density at radius 1 is 0.912 bits per heavy atom. The van der Waals surface area contributed by atoms with Gasteiger partial charge in [-0.3, -0.25) is 0 Å². The number of carbonyl (C=O) groups is 1. The SMILES string of the molecule is C=CC(=O)OCCc1ccc(N(c2ccc(C)cc2)c2ccc(CCOCC3CO3)cc2)cc1. The Morgan fingerprint density at radius 2 is 1.41 bits per heavy atom.